The zero-order chi connectivity index (χ0) is 21.7. The number of hydrogen-bond acceptors (Lipinski definition) is 5. The number of fused-ring (bicyclic) bond motifs is 2. The molecule has 0 aliphatic carbocycles. The Bertz CT molecular complexity index is 1160. The molecule has 0 saturated heterocycles. The predicted molar refractivity (Wildman–Crippen MR) is 117 cm³/mol. The van der Waals surface area contributed by atoms with Crippen LogP contribution in [0.2, 0.25) is 0 Å². The first kappa shape index (κ1) is 21.6. The molecule has 6 nitrogen and oxygen atoms in total. The average molecular weight is 432 g/mol. The van der Waals surface area contributed by atoms with Crippen LogP contribution in [0.4, 0.5) is 4.39 Å². The number of aryl methyl sites for hydroxylation is 1. The molecule has 0 saturated carbocycles. The smallest absolute Gasteiger partial charge is 0.230 e. The fourth-order valence-corrected chi connectivity index (χ4v) is 3.09. The summed E-state index contributed by atoms with van der Waals surface area (Å²) < 4.78 is 31.6. The van der Waals surface area contributed by atoms with Gasteiger partial charge in [0, 0.05) is 22.7 Å². The van der Waals surface area contributed by atoms with Gasteiger partial charge >= 0.3 is 0 Å². The maximum absolute atomic E-state index is 14.9. The number of methoxy groups -OCH3 is 1. The van der Waals surface area contributed by atoms with Crippen molar-refractivity contribution < 1.29 is 18.6 Å². The monoisotopic (exact) mass is 431 g/mol. The van der Waals surface area contributed by atoms with Crippen LogP contribution in [-0.2, 0) is 0 Å². The van der Waals surface area contributed by atoms with Crippen molar-refractivity contribution in [2.45, 2.75) is 20.8 Å². The number of halogens is 2. The fraction of sp³-hybridized carbons (Fsp3) is 0.273. The molecule has 8 heteroatoms. The van der Waals surface area contributed by atoms with E-state index in [2.05, 4.69) is 15.0 Å². The standard InChI is InChI=1S/C20H17ClFN3O3.C2H6/c1-11-7-12-14(25-11)3-4-16(19(12)22)28-20-13-8-17(26-2)18(27-6-5-21)9-15(13)23-10-24-20;1-2/h3-4,7-10,25H,5-6H2,1-2H3;1-2H3. The lowest BCUT2D eigenvalue weighted by Gasteiger charge is -2.13. The van der Waals surface area contributed by atoms with E-state index in [0.29, 0.717) is 45.8 Å². The minimum atomic E-state index is -0.456. The molecule has 0 bridgehead atoms. The minimum Gasteiger partial charge on any atom is -0.493 e. The van der Waals surface area contributed by atoms with Gasteiger partial charge in [-0.3, -0.25) is 0 Å². The molecule has 4 aromatic rings. The van der Waals surface area contributed by atoms with Crippen LogP contribution in [0.3, 0.4) is 0 Å². The summed E-state index contributed by atoms with van der Waals surface area (Å²) in [5, 5.41) is 1.03. The van der Waals surface area contributed by atoms with E-state index in [9.17, 15) is 4.39 Å². The number of nitrogens with one attached hydrogen (secondary N) is 1. The Morgan fingerprint density at radius 1 is 1.03 bits per heavy atom. The molecular weight excluding hydrogens is 409 g/mol. The van der Waals surface area contributed by atoms with Gasteiger partial charge in [-0.1, -0.05) is 13.8 Å². The summed E-state index contributed by atoms with van der Waals surface area (Å²) in [6.07, 6.45) is 1.35. The Labute approximate surface area is 179 Å². The van der Waals surface area contributed by atoms with Crippen LogP contribution in [0.1, 0.15) is 19.5 Å². The molecule has 2 heterocycles. The highest BCUT2D eigenvalue weighted by Gasteiger charge is 2.16. The number of benzene rings is 2. The van der Waals surface area contributed by atoms with Crippen molar-refractivity contribution in [3.05, 3.63) is 48.2 Å². The molecule has 0 amide bonds. The number of alkyl halides is 1. The molecule has 30 heavy (non-hydrogen) atoms. The summed E-state index contributed by atoms with van der Waals surface area (Å²) in [6, 6.07) is 8.48. The number of aromatic amines is 1. The first-order valence-corrected chi connectivity index (χ1v) is 10.1. The van der Waals surface area contributed by atoms with Gasteiger partial charge in [-0.05, 0) is 31.2 Å². The zero-order valence-corrected chi connectivity index (χ0v) is 18.0. The van der Waals surface area contributed by atoms with Gasteiger partial charge in [0.15, 0.2) is 23.1 Å². The highest BCUT2D eigenvalue weighted by molar-refractivity contribution is 6.18. The molecule has 2 aromatic heterocycles. The van der Waals surface area contributed by atoms with Crippen LogP contribution >= 0.6 is 11.6 Å². The average Bonchev–Trinajstić information content (AvgIpc) is 3.16. The van der Waals surface area contributed by atoms with Gasteiger partial charge in [0.1, 0.15) is 12.9 Å². The van der Waals surface area contributed by atoms with E-state index in [1.807, 2.05) is 20.8 Å². The Kier molecular flexibility index (Phi) is 6.95. The third kappa shape index (κ3) is 4.26. The molecule has 0 fully saturated rings. The Balaban J connectivity index is 0.00000124. The Morgan fingerprint density at radius 3 is 2.57 bits per heavy atom. The molecule has 0 unspecified atom stereocenters. The van der Waals surface area contributed by atoms with Crippen molar-refractivity contribution >= 4 is 33.4 Å². The Hall–Kier alpha value is -3.06. The molecule has 158 valence electrons. The van der Waals surface area contributed by atoms with Crippen LogP contribution < -0.4 is 14.2 Å². The number of aromatic nitrogens is 3. The lowest BCUT2D eigenvalue weighted by molar-refractivity contribution is 0.313. The molecule has 2 aromatic carbocycles. The zero-order valence-electron chi connectivity index (χ0n) is 17.3. The highest BCUT2D eigenvalue weighted by atomic mass is 35.5. The van der Waals surface area contributed by atoms with Gasteiger partial charge in [0.2, 0.25) is 5.88 Å². The topological polar surface area (TPSA) is 69.3 Å². The van der Waals surface area contributed by atoms with Crippen LogP contribution in [-0.4, -0.2) is 34.5 Å². The van der Waals surface area contributed by atoms with Gasteiger partial charge in [-0.2, -0.15) is 0 Å². The molecule has 0 spiro atoms. The number of rotatable bonds is 6. The second kappa shape index (κ2) is 9.63. The third-order valence-corrected chi connectivity index (χ3v) is 4.42. The summed E-state index contributed by atoms with van der Waals surface area (Å²) in [5.41, 5.74) is 2.15. The van der Waals surface area contributed by atoms with E-state index in [0.717, 1.165) is 5.69 Å². The minimum absolute atomic E-state index is 0.0768. The third-order valence-electron chi connectivity index (χ3n) is 4.26. The Morgan fingerprint density at radius 2 is 1.83 bits per heavy atom. The quantitative estimate of drug-likeness (QED) is 0.379. The van der Waals surface area contributed by atoms with E-state index < -0.39 is 5.82 Å². The van der Waals surface area contributed by atoms with E-state index in [4.69, 9.17) is 25.8 Å². The van der Waals surface area contributed by atoms with E-state index in [1.54, 1.807) is 30.3 Å². The van der Waals surface area contributed by atoms with Crippen molar-refractivity contribution in [2.75, 3.05) is 19.6 Å². The van der Waals surface area contributed by atoms with Crippen molar-refractivity contribution in [1.29, 1.82) is 0 Å². The maximum Gasteiger partial charge on any atom is 0.230 e. The van der Waals surface area contributed by atoms with Crippen LogP contribution in [0.25, 0.3) is 21.8 Å². The van der Waals surface area contributed by atoms with Gasteiger partial charge in [-0.25, -0.2) is 14.4 Å². The van der Waals surface area contributed by atoms with Crippen LogP contribution in [0.15, 0.2) is 36.7 Å². The SMILES string of the molecule is CC.COc1cc2c(Oc3ccc4[nH]c(C)cc4c3F)ncnc2cc1OCCCl. The largest absolute Gasteiger partial charge is 0.493 e. The highest BCUT2D eigenvalue weighted by Crippen LogP contribution is 2.37. The first-order valence-electron chi connectivity index (χ1n) is 9.58. The van der Waals surface area contributed by atoms with Crippen molar-refractivity contribution in [3.8, 4) is 23.1 Å². The van der Waals surface area contributed by atoms with E-state index in [1.165, 1.54) is 13.4 Å². The summed E-state index contributed by atoms with van der Waals surface area (Å²) in [4.78, 5) is 11.5. The van der Waals surface area contributed by atoms with E-state index in [-0.39, 0.29) is 11.6 Å². The van der Waals surface area contributed by atoms with Gasteiger partial charge in [-0.15, -0.1) is 11.6 Å². The fourth-order valence-electron chi connectivity index (χ4n) is 3.01. The molecule has 0 aliphatic rings. The van der Waals surface area contributed by atoms with Gasteiger partial charge in [0.05, 0.1) is 23.9 Å². The summed E-state index contributed by atoms with van der Waals surface area (Å²) >= 11 is 5.69. The lowest BCUT2D eigenvalue weighted by Crippen LogP contribution is -2.01. The number of nitrogens with zero attached hydrogens (tertiary/aromatic N) is 2. The number of ether oxygens (including phenoxy) is 3. The molecular formula is C22H23ClFN3O3. The summed E-state index contributed by atoms with van der Waals surface area (Å²) in [7, 11) is 1.53. The van der Waals surface area contributed by atoms with E-state index >= 15 is 0 Å². The summed E-state index contributed by atoms with van der Waals surface area (Å²) in [5.74, 6) is 1.18. The first-order chi connectivity index (χ1) is 14.6. The van der Waals surface area contributed by atoms with Crippen LogP contribution in [0.5, 0.6) is 23.1 Å². The van der Waals surface area contributed by atoms with Crippen LogP contribution in [0, 0.1) is 12.7 Å². The molecule has 1 N–H and O–H groups in total. The van der Waals surface area contributed by atoms with Crippen molar-refractivity contribution in [3.63, 3.8) is 0 Å². The summed E-state index contributed by atoms with van der Waals surface area (Å²) in [6.45, 7) is 6.20. The predicted octanol–water partition coefficient (Wildman–Crippen LogP) is 6.00. The number of H-pyrrole nitrogens is 1. The second-order valence-corrected chi connectivity index (χ2v) is 6.51. The molecule has 0 aliphatic heterocycles. The number of hydrogen-bond donors (Lipinski definition) is 1. The normalized spacial score (nSPS) is 10.6. The van der Waals surface area contributed by atoms with Gasteiger partial charge in [0.25, 0.3) is 0 Å². The maximum atomic E-state index is 14.9. The van der Waals surface area contributed by atoms with Crippen molar-refractivity contribution in [2.24, 2.45) is 0 Å². The second-order valence-electron chi connectivity index (χ2n) is 6.13. The van der Waals surface area contributed by atoms with Crippen molar-refractivity contribution in [1.82, 2.24) is 15.0 Å². The molecule has 0 atom stereocenters. The van der Waals surface area contributed by atoms with Gasteiger partial charge < -0.3 is 19.2 Å². The molecule has 0 radical (unpaired) electrons. The molecule has 4 rings (SSSR count). The lowest BCUT2D eigenvalue weighted by atomic mass is 10.2.